The molecular formula is C16H18N4OS. The van der Waals surface area contributed by atoms with E-state index in [1.165, 1.54) is 46.1 Å². The Labute approximate surface area is 132 Å². The maximum absolute atomic E-state index is 10.6. The summed E-state index contributed by atoms with van der Waals surface area (Å²) in [7, 11) is 0. The zero-order chi connectivity index (χ0) is 15.1. The second-order valence-corrected chi connectivity index (χ2v) is 6.76. The minimum atomic E-state index is 0.0807. The topological polar surface area (TPSA) is 53.7 Å². The van der Waals surface area contributed by atoms with Gasteiger partial charge >= 0.3 is 0 Å². The van der Waals surface area contributed by atoms with Crippen molar-refractivity contribution in [3.05, 3.63) is 46.6 Å². The van der Waals surface area contributed by atoms with E-state index in [0.717, 1.165) is 22.9 Å². The first kappa shape index (κ1) is 13.7. The van der Waals surface area contributed by atoms with Crippen molar-refractivity contribution in [2.24, 2.45) is 0 Å². The number of likely N-dealkylation sites (tertiary alicyclic amines) is 1. The molecule has 5 nitrogen and oxygen atoms in total. The number of aryl methyl sites for hydroxylation is 1. The summed E-state index contributed by atoms with van der Waals surface area (Å²) in [5.74, 6) is 0.220. The van der Waals surface area contributed by atoms with Crippen molar-refractivity contribution in [1.29, 1.82) is 0 Å². The first-order valence-corrected chi connectivity index (χ1v) is 8.38. The van der Waals surface area contributed by atoms with Gasteiger partial charge in [0.05, 0.1) is 10.9 Å². The number of fused-ring (bicyclic) bond motifs is 1. The van der Waals surface area contributed by atoms with E-state index in [-0.39, 0.29) is 11.9 Å². The molecule has 0 radical (unpaired) electrons. The minimum Gasteiger partial charge on any atom is -0.492 e. The lowest BCUT2D eigenvalue weighted by Crippen LogP contribution is -2.26. The predicted octanol–water partition coefficient (Wildman–Crippen LogP) is 2.99. The molecule has 6 heteroatoms. The fourth-order valence-corrected chi connectivity index (χ4v) is 4.35. The highest BCUT2D eigenvalue weighted by Crippen LogP contribution is 2.41. The summed E-state index contributed by atoms with van der Waals surface area (Å²) >= 11 is 1.53. The minimum absolute atomic E-state index is 0.0807. The van der Waals surface area contributed by atoms with Crippen molar-refractivity contribution in [2.75, 3.05) is 13.1 Å². The molecule has 0 aliphatic carbocycles. The molecule has 0 spiro atoms. The first-order valence-electron chi connectivity index (χ1n) is 7.56. The lowest BCUT2D eigenvalue weighted by atomic mass is 9.99. The van der Waals surface area contributed by atoms with E-state index in [4.69, 9.17) is 0 Å². The van der Waals surface area contributed by atoms with Crippen LogP contribution >= 0.6 is 11.3 Å². The number of aromatic nitrogens is 3. The molecule has 4 rings (SSSR count). The van der Waals surface area contributed by atoms with Crippen LogP contribution in [0.15, 0.2) is 30.6 Å². The van der Waals surface area contributed by atoms with Crippen LogP contribution in [0.3, 0.4) is 0 Å². The van der Waals surface area contributed by atoms with Crippen LogP contribution in [0.2, 0.25) is 0 Å². The Morgan fingerprint density at radius 3 is 2.73 bits per heavy atom. The summed E-state index contributed by atoms with van der Waals surface area (Å²) < 4.78 is 1.53. The molecule has 1 aromatic carbocycles. The number of rotatable bonds is 3. The molecule has 114 valence electrons. The van der Waals surface area contributed by atoms with Gasteiger partial charge in [-0.1, -0.05) is 35.6 Å². The maximum atomic E-state index is 10.6. The molecule has 22 heavy (non-hydrogen) atoms. The highest BCUT2D eigenvalue weighted by molar-refractivity contribution is 7.17. The fourth-order valence-electron chi connectivity index (χ4n) is 3.27. The van der Waals surface area contributed by atoms with Gasteiger partial charge in [0.1, 0.15) is 6.33 Å². The van der Waals surface area contributed by atoms with Gasteiger partial charge in [0.15, 0.2) is 0 Å². The van der Waals surface area contributed by atoms with Crippen LogP contribution in [0.5, 0.6) is 5.88 Å². The summed E-state index contributed by atoms with van der Waals surface area (Å²) in [5.41, 5.74) is 2.50. The third kappa shape index (κ3) is 2.10. The summed E-state index contributed by atoms with van der Waals surface area (Å²) in [6.45, 7) is 4.25. The highest BCUT2D eigenvalue weighted by atomic mass is 32.1. The SMILES string of the molecule is Cc1ccccc1C(c1sc2ncnn2c1O)N1CCCC1. The molecule has 1 atom stereocenters. The van der Waals surface area contributed by atoms with Gasteiger partial charge in [0.25, 0.3) is 0 Å². The standard InChI is InChI=1S/C16H18N4OS/c1-11-6-2-3-7-12(11)13(19-8-4-5-9-19)14-15(21)20-16(22-14)17-10-18-20/h2-3,6-7,10,13,21H,4-5,8-9H2,1H3. The molecule has 1 N–H and O–H groups in total. The number of aromatic hydroxyl groups is 1. The molecule has 0 saturated carbocycles. The lowest BCUT2D eigenvalue weighted by molar-refractivity contribution is 0.276. The van der Waals surface area contributed by atoms with E-state index in [1.807, 2.05) is 0 Å². The second kappa shape index (κ2) is 5.37. The number of hydrogen-bond acceptors (Lipinski definition) is 5. The average Bonchev–Trinajstić information content (AvgIpc) is 3.23. The number of hydrogen-bond donors (Lipinski definition) is 1. The van der Waals surface area contributed by atoms with Gasteiger partial charge in [-0.05, 0) is 44.0 Å². The van der Waals surface area contributed by atoms with E-state index in [2.05, 4.69) is 46.2 Å². The van der Waals surface area contributed by atoms with E-state index >= 15 is 0 Å². The molecule has 3 heterocycles. The van der Waals surface area contributed by atoms with Crippen LogP contribution < -0.4 is 0 Å². The predicted molar refractivity (Wildman–Crippen MR) is 86.4 cm³/mol. The Kier molecular flexibility index (Phi) is 3.35. The largest absolute Gasteiger partial charge is 0.492 e. The average molecular weight is 314 g/mol. The van der Waals surface area contributed by atoms with E-state index < -0.39 is 0 Å². The van der Waals surface area contributed by atoms with Gasteiger partial charge < -0.3 is 5.11 Å². The molecule has 0 amide bonds. The molecule has 1 unspecified atom stereocenters. The second-order valence-electron chi connectivity index (χ2n) is 5.75. The smallest absolute Gasteiger partial charge is 0.230 e. The molecule has 0 bridgehead atoms. The van der Waals surface area contributed by atoms with Crippen molar-refractivity contribution >= 4 is 16.3 Å². The fraction of sp³-hybridized carbons (Fsp3) is 0.375. The Morgan fingerprint density at radius 1 is 1.23 bits per heavy atom. The first-order chi connectivity index (χ1) is 10.8. The van der Waals surface area contributed by atoms with E-state index in [0.29, 0.717) is 0 Å². The van der Waals surface area contributed by atoms with Crippen LogP contribution in [-0.2, 0) is 0 Å². The van der Waals surface area contributed by atoms with Gasteiger partial charge in [-0.15, -0.1) is 0 Å². The van der Waals surface area contributed by atoms with Crippen molar-refractivity contribution in [3.63, 3.8) is 0 Å². The molecule has 1 aliphatic heterocycles. The quantitative estimate of drug-likeness (QED) is 0.807. The van der Waals surface area contributed by atoms with Crippen LogP contribution in [0.25, 0.3) is 4.96 Å². The maximum Gasteiger partial charge on any atom is 0.230 e. The monoisotopic (exact) mass is 314 g/mol. The zero-order valence-corrected chi connectivity index (χ0v) is 13.3. The summed E-state index contributed by atoms with van der Waals surface area (Å²) in [5, 5.41) is 14.7. The molecule has 1 aliphatic rings. The van der Waals surface area contributed by atoms with Crippen LogP contribution in [0.1, 0.15) is 34.9 Å². The molecule has 2 aromatic heterocycles. The molecule has 1 fully saturated rings. The normalized spacial score (nSPS) is 17.3. The number of nitrogens with zero attached hydrogens (tertiary/aromatic N) is 4. The van der Waals surface area contributed by atoms with Gasteiger partial charge in [-0.25, -0.2) is 4.98 Å². The summed E-state index contributed by atoms with van der Waals surface area (Å²) in [6, 6.07) is 8.50. The van der Waals surface area contributed by atoms with Gasteiger partial charge in [-0.3, -0.25) is 4.90 Å². The van der Waals surface area contributed by atoms with Gasteiger partial charge in [0.2, 0.25) is 10.8 Å². The molecule has 1 saturated heterocycles. The van der Waals surface area contributed by atoms with Crippen LogP contribution in [0, 0.1) is 6.92 Å². The van der Waals surface area contributed by atoms with Crippen molar-refractivity contribution in [3.8, 4) is 5.88 Å². The Bertz CT molecular complexity index is 803. The Hall–Kier alpha value is -1.92. The van der Waals surface area contributed by atoms with Crippen LogP contribution in [-0.4, -0.2) is 37.7 Å². The molecular weight excluding hydrogens is 296 g/mol. The van der Waals surface area contributed by atoms with Crippen LogP contribution in [0.4, 0.5) is 0 Å². The summed E-state index contributed by atoms with van der Waals surface area (Å²) in [4.78, 5) is 8.35. The molecule has 3 aromatic rings. The van der Waals surface area contributed by atoms with E-state index in [9.17, 15) is 5.11 Å². The number of thiazole rings is 1. The third-order valence-corrected chi connectivity index (χ3v) is 5.46. The lowest BCUT2D eigenvalue weighted by Gasteiger charge is -2.28. The van der Waals surface area contributed by atoms with Gasteiger partial charge in [-0.2, -0.15) is 9.61 Å². The van der Waals surface area contributed by atoms with E-state index in [1.54, 1.807) is 0 Å². The Morgan fingerprint density at radius 2 is 2.00 bits per heavy atom. The van der Waals surface area contributed by atoms with Crippen molar-refractivity contribution in [1.82, 2.24) is 19.5 Å². The third-order valence-electron chi connectivity index (χ3n) is 4.38. The van der Waals surface area contributed by atoms with Gasteiger partial charge in [0, 0.05) is 0 Å². The highest BCUT2D eigenvalue weighted by Gasteiger charge is 2.31. The Balaban J connectivity index is 1.88. The number of benzene rings is 1. The van der Waals surface area contributed by atoms with Crippen molar-refractivity contribution < 1.29 is 5.11 Å². The summed E-state index contributed by atoms with van der Waals surface area (Å²) in [6.07, 6.45) is 3.90. The van der Waals surface area contributed by atoms with Crippen molar-refractivity contribution in [2.45, 2.75) is 25.8 Å². The zero-order valence-electron chi connectivity index (χ0n) is 12.4.